The number of aromatic nitrogens is 1. The van der Waals surface area contributed by atoms with Crippen molar-refractivity contribution in [1.82, 2.24) is 4.57 Å². The SMILES string of the molecule is Nc1cccn(Cc2ccc(F)cc2F)c1=O. The molecule has 1 aromatic heterocycles. The highest BCUT2D eigenvalue weighted by Crippen LogP contribution is 2.10. The lowest BCUT2D eigenvalue weighted by molar-refractivity contribution is 0.564. The molecule has 1 heterocycles. The van der Waals surface area contributed by atoms with Crippen molar-refractivity contribution in [2.24, 2.45) is 0 Å². The molecule has 0 fully saturated rings. The second kappa shape index (κ2) is 4.37. The molecule has 3 nitrogen and oxygen atoms in total. The number of nitrogens with two attached hydrogens (primary N) is 1. The third-order valence-electron chi connectivity index (χ3n) is 2.41. The number of hydrogen-bond acceptors (Lipinski definition) is 2. The fraction of sp³-hybridized carbons (Fsp3) is 0.0833. The van der Waals surface area contributed by atoms with Gasteiger partial charge in [-0.15, -0.1) is 0 Å². The van der Waals surface area contributed by atoms with Crippen LogP contribution in [0.5, 0.6) is 0 Å². The minimum absolute atomic E-state index is 0.0238. The van der Waals surface area contributed by atoms with E-state index < -0.39 is 17.2 Å². The molecule has 0 atom stereocenters. The largest absolute Gasteiger partial charge is 0.394 e. The first-order chi connectivity index (χ1) is 8.08. The van der Waals surface area contributed by atoms with Crippen LogP contribution in [0.25, 0.3) is 0 Å². The summed E-state index contributed by atoms with van der Waals surface area (Å²) in [5, 5.41) is 0. The van der Waals surface area contributed by atoms with Gasteiger partial charge in [0.25, 0.3) is 5.56 Å². The first-order valence-corrected chi connectivity index (χ1v) is 4.97. The predicted octanol–water partition coefficient (Wildman–Crippen LogP) is 1.76. The van der Waals surface area contributed by atoms with Gasteiger partial charge in [0.1, 0.15) is 11.6 Å². The van der Waals surface area contributed by atoms with Gasteiger partial charge in [-0.2, -0.15) is 0 Å². The summed E-state index contributed by atoms with van der Waals surface area (Å²) in [7, 11) is 0. The second-order valence-corrected chi connectivity index (χ2v) is 3.63. The minimum atomic E-state index is -0.681. The Bertz CT molecular complexity index is 608. The molecule has 2 aromatic rings. The number of anilines is 1. The molecular formula is C12H10F2N2O. The third kappa shape index (κ3) is 2.33. The quantitative estimate of drug-likeness (QED) is 0.863. The molecule has 0 aliphatic rings. The van der Waals surface area contributed by atoms with E-state index in [9.17, 15) is 13.6 Å². The molecule has 0 aliphatic carbocycles. The Morgan fingerprint density at radius 3 is 2.71 bits per heavy atom. The second-order valence-electron chi connectivity index (χ2n) is 3.63. The topological polar surface area (TPSA) is 48.0 Å². The monoisotopic (exact) mass is 236 g/mol. The molecule has 0 amide bonds. The highest BCUT2D eigenvalue weighted by Gasteiger charge is 2.06. The van der Waals surface area contributed by atoms with Gasteiger partial charge in [0.2, 0.25) is 0 Å². The average Bonchev–Trinajstić information content (AvgIpc) is 2.28. The average molecular weight is 236 g/mol. The van der Waals surface area contributed by atoms with Crippen molar-refractivity contribution in [2.45, 2.75) is 6.54 Å². The lowest BCUT2D eigenvalue weighted by Crippen LogP contribution is -2.22. The summed E-state index contributed by atoms with van der Waals surface area (Å²) in [6.45, 7) is 0.0238. The first-order valence-electron chi connectivity index (χ1n) is 4.97. The van der Waals surface area contributed by atoms with Crippen LogP contribution in [0.1, 0.15) is 5.56 Å². The van der Waals surface area contributed by atoms with E-state index in [2.05, 4.69) is 0 Å². The molecule has 0 radical (unpaired) electrons. The van der Waals surface area contributed by atoms with Crippen LogP contribution in [0.4, 0.5) is 14.5 Å². The Labute approximate surface area is 96.1 Å². The van der Waals surface area contributed by atoms with Crippen molar-refractivity contribution in [1.29, 1.82) is 0 Å². The molecule has 88 valence electrons. The molecule has 0 spiro atoms. The molecule has 0 saturated heterocycles. The first kappa shape index (κ1) is 11.3. The number of nitrogen functional groups attached to an aromatic ring is 1. The van der Waals surface area contributed by atoms with Gasteiger partial charge < -0.3 is 10.3 Å². The number of pyridine rings is 1. The molecule has 0 unspecified atom stereocenters. The molecule has 0 saturated carbocycles. The molecular weight excluding hydrogens is 226 g/mol. The van der Waals surface area contributed by atoms with Gasteiger partial charge in [-0.25, -0.2) is 8.78 Å². The van der Waals surface area contributed by atoms with Crippen molar-refractivity contribution >= 4 is 5.69 Å². The van der Waals surface area contributed by atoms with E-state index in [0.29, 0.717) is 0 Å². The molecule has 0 aliphatic heterocycles. The normalized spacial score (nSPS) is 10.5. The summed E-state index contributed by atoms with van der Waals surface area (Å²) >= 11 is 0. The molecule has 1 aromatic carbocycles. The van der Waals surface area contributed by atoms with E-state index in [4.69, 9.17) is 5.73 Å². The van der Waals surface area contributed by atoms with E-state index in [-0.39, 0.29) is 17.8 Å². The van der Waals surface area contributed by atoms with Gasteiger partial charge in [0.15, 0.2) is 0 Å². The third-order valence-corrected chi connectivity index (χ3v) is 2.41. The summed E-state index contributed by atoms with van der Waals surface area (Å²) < 4.78 is 27.4. The van der Waals surface area contributed by atoms with Crippen molar-refractivity contribution in [3.8, 4) is 0 Å². The van der Waals surface area contributed by atoms with E-state index >= 15 is 0 Å². The number of nitrogens with zero attached hydrogens (tertiary/aromatic N) is 1. The summed E-state index contributed by atoms with van der Waals surface area (Å²) in [5.41, 5.74) is 5.38. The van der Waals surface area contributed by atoms with Crippen LogP contribution in [0.3, 0.4) is 0 Å². The standard InChI is InChI=1S/C12H10F2N2O/c13-9-4-3-8(10(14)6-9)7-16-5-1-2-11(15)12(16)17/h1-6H,7,15H2. The maximum absolute atomic E-state index is 13.4. The minimum Gasteiger partial charge on any atom is -0.394 e. The number of hydrogen-bond donors (Lipinski definition) is 1. The molecule has 0 bridgehead atoms. The fourth-order valence-electron chi connectivity index (χ4n) is 1.51. The summed E-state index contributed by atoms with van der Waals surface area (Å²) in [6, 6.07) is 6.31. The van der Waals surface area contributed by atoms with Gasteiger partial charge in [-0.3, -0.25) is 4.79 Å². The maximum Gasteiger partial charge on any atom is 0.273 e. The van der Waals surface area contributed by atoms with Crippen LogP contribution >= 0.6 is 0 Å². The van der Waals surface area contributed by atoms with Crippen LogP contribution < -0.4 is 11.3 Å². The molecule has 17 heavy (non-hydrogen) atoms. The van der Waals surface area contributed by atoms with Gasteiger partial charge in [0.05, 0.1) is 12.2 Å². The summed E-state index contributed by atoms with van der Waals surface area (Å²) in [6.07, 6.45) is 1.50. The molecule has 5 heteroatoms. The van der Waals surface area contributed by atoms with Crippen molar-refractivity contribution in [2.75, 3.05) is 5.73 Å². The number of rotatable bonds is 2. The number of halogens is 2. The summed E-state index contributed by atoms with van der Waals surface area (Å²) in [5.74, 6) is -1.33. The maximum atomic E-state index is 13.4. The van der Waals surface area contributed by atoms with E-state index in [1.165, 1.54) is 22.9 Å². The van der Waals surface area contributed by atoms with Crippen LogP contribution in [-0.4, -0.2) is 4.57 Å². The van der Waals surface area contributed by atoms with Crippen molar-refractivity contribution in [3.63, 3.8) is 0 Å². The summed E-state index contributed by atoms with van der Waals surface area (Å²) in [4.78, 5) is 11.6. The Kier molecular flexibility index (Phi) is 2.91. The Morgan fingerprint density at radius 1 is 1.24 bits per heavy atom. The zero-order valence-corrected chi connectivity index (χ0v) is 8.86. The van der Waals surface area contributed by atoms with Crippen LogP contribution in [0, 0.1) is 11.6 Å². The number of benzene rings is 1. The highest BCUT2D eigenvalue weighted by molar-refractivity contribution is 5.34. The Hall–Kier alpha value is -2.17. The lowest BCUT2D eigenvalue weighted by atomic mass is 10.2. The van der Waals surface area contributed by atoms with E-state index in [0.717, 1.165) is 12.1 Å². The molecule has 2 N–H and O–H groups in total. The lowest BCUT2D eigenvalue weighted by Gasteiger charge is -2.07. The molecule has 2 rings (SSSR count). The van der Waals surface area contributed by atoms with E-state index in [1.807, 2.05) is 0 Å². The van der Waals surface area contributed by atoms with Crippen LogP contribution in [0.15, 0.2) is 41.3 Å². The zero-order valence-electron chi connectivity index (χ0n) is 8.86. The predicted molar refractivity (Wildman–Crippen MR) is 60.6 cm³/mol. The van der Waals surface area contributed by atoms with Crippen LogP contribution in [0.2, 0.25) is 0 Å². The zero-order chi connectivity index (χ0) is 12.4. The van der Waals surface area contributed by atoms with E-state index in [1.54, 1.807) is 6.07 Å². The van der Waals surface area contributed by atoms with Crippen molar-refractivity contribution in [3.05, 3.63) is 64.1 Å². The fourth-order valence-corrected chi connectivity index (χ4v) is 1.51. The van der Waals surface area contributed by atoms with Gasteiger partial charge in [-0.05, 0) is 18.2 Å². The highest BCUT2D eigenvalue weighted by atomic mass is 19.1. The smallest absolute Gasteiger partial charge is 0.273 e. The van der Waals surface area contributed by atoms with Crippen molar-refractivity contribution < 1.29 is 8.78 Å². The van der Waals surface area contributed by atoms with Gasteiger partial charge >= 0.3 is 0 Å². The van der Waals surface area contributed by atoms with Gasteiger partial charge in [-0.1, -0.05) is 6.07 Å². The Balaban J connectivity index is 2.38. The Morgan fingerprint density at radius 2 is 2.00 bits per heavy atom. The van der Waals surface area contributed by atoms with Gasteiger partial charge in [0, 0.05) is 17.8 Å². The van der Waals surface area contributed by atoms with Crippen LogP contribution in [-0.2, 0) is 6.54 Å².